The number of amides is 1. The van der Waals surface area contributed by atoms with Gasteiger partial charge in [0, 0.05) is 22.3 Å². The Morgan fingerprint density at radius 2 is 2.25 bits per heavy atom. The summed E-state index contributed by atoms with van der Waals surface area (Å²) in [4.78, 5) is 11.8. The van der Waals surface area contributed by atoms with Gasteiger partial charge in [-0.2, -0.15) is 0 Å². The molecule has 1 saturated carbocycles. The predicted octanol–water partition coefficient (Wildman–Crippen LogP) is 2.33. The fraction of sp³-hybridized carbons (Fsp3) is 0.417. The van der Waals surface area contributed by atoms with Crippen molar-refractivity contribution in [2.24, 2.45) is 5.92 Å². The maximum Gasteiger partial charge on any atom is 0.246 e. The molecule has 1 aliphatic carbocycles. The summed E-state index contributed by atoms with van der Waals surface area (Å²) in [6.07, 6.45) is 1.16. The van der Waals surface area contributed by atoms with Crippen LogP contribution >= 0.6 is 11.6 Å². The fourth-order valence-electron chi connectivity index (χ4n) is 2.17. The van der Waals surface area contributed by atoms with Crippen LogP contribution in [0.15, 0.2) is 18.2 Å². The smallest absolute Gasteiger partial charge is 0.246 e. The third kappa shape index (κ3) is 1.60. The van der Waals surface area contributed by atoms with E-state index in [9.17, 15) is 4.79 Å². The van der Waals surface area contributed by atoms with Gasteiger partial charge in [0.25, 0.3) is 0 Å². The molecule has 3 rings (SSSR count). The molecule has 16 heavy (non-hydrogen) atoms. The van der Waals surface area contributed by atoms with Crippen molar-refractivity contribution < 1.29 is 4.79 Å². The third-order valence-electron chi connectivity index (χ3n) is 3.34. The summed E-state index contributed by atoms with van der Waals surface area (Å²) in [5.41, 5.74) is 1.84. The first-order chi connectivity index (χ1) is 7.65. The number of carbonyl (C=O) groups is 1. The lowest BCUT2D eigenvalue weighted by Gasteiger charge is -2.10. The average Bonchev–Trinajstić information content (AvgIpc) is 2.82. The maximum atomic E-state index is 11.8. The van der Waals surface area contributed by atoms with Crippen LogP contribution in [0.2, 0.25) is 5.02 Å². The van der Waals surface area contributed by atoms with Crippen molar-refractivity contribution in [1.82, 2.24) is 5.32 Å². The summed E-state index contributed by atoms with van der Waals surface area (Å²) >= 11 is 5.89. The van der Waals surface area contributed by atoms with E-state index >= 15 is 0 Å². The zero-order valence-electron chi connectivity index (χ0n) is 8.96. The van der Waals surface area contributed by atoms with Gasteiger partial charge in [0.05, 0.1) is 0 Å². The second-order valence-electron chi connectivity index (χ2n) is 4.64. The van der Waals surface area contributed by atoms with E-state index in [1.54, 1.807) is 6.07 Å². The first-order valence-corrected chi connectivity index (χ1v) is 5.89. The summed E-state index contributed by atoms with van der Waals surface area (Å²) < 4.78 is 0. The quantitative estimate of drug-likeness (QED) is 0.828. The summed E-state index contributed by atoms with van der Waals surface area (Å²) in [6.45, 7) is 2.19. The molecule has 1 fully saturated rings. The van der Waals surface area contributed by atoms with Crippen molar-refractivity contribution in [3.63, 3.8) is 0 Å². The van der Waals surface area contributed by atoms with E-state index in [0.717, 1.165) is 17.7 Å². The van der Waals surface area contributed by atoms with Gasteiger partial charge in [0.1, 0.15) is 6.04 Å². The van der Waals surface area contributed by atoms with E-state index < -0.39 is 0 Å². The van der Waals surface area contributed by atoms with E-state index in [4.69, 9.17) is 11.6 Å². The Labute approximate surface area is 99.2 Å². The molecule has 0 bridgehead atoms. The van der Waals surface area contributed by atoms with Gasteiger partial charge in [-0.1, -0.05) is 24.6 Å². The normalized spacial score (nSPS) is 31.1. The molecule has 3 unspecified atom stereocenters. The van der Waals surface area contributed by atoms with Gasteiger partial charge in [-0.25, -0.2) is 0 Å². The van der Waals surface area contributed by atoms with Crippen LogP contribution in [-0.2, 0) is 4.79 Å². The molecule has 1 aliphatic heterocycles. The third-order valence-corrected chi connectivity index (χ3v) is 3.57. The molecule has 0 saturated heterocycles. The minimum absolute atomic E-state index is 0.0244. The molecule has 84 valence electrons. The zero-order chi connectivity index (χ0) is 11.3. The van der Waals surface area contributed by atoms with Crippen molar-refractivity contribution in [2.45, 2.75) is 25.4 Å². The van der Waals surface area contributed by atoms with Gasteiger partial charge in [0.2, 0.25) is 5.91 Å². The number of anilines is 1. The molecule has 2 aliphatic rings. The highest BCUT2D eigenvalue weighted by Crippen LogP contribution is 2.37. The molecule has 3 atom stereocenters. The highest BCUT2D eigenvalue weighted by Gasteiger charge is 2.39. The standard InChI is InChI=1S/C12H13ClN2O/c1-6-4-9(6)14-11-8-3-2-7(13)5-10(8)15-12(11)16/h2-3,5-6,9,11,14H,4H2,1H3,(H,15,16). The largest absolute Gasteiger partial charge is 0.324 e. The molecular formula is C12H13ClN2O. The van der Waals surface area contributed by atoms with Crippen LogP contribution in [0.5, 0.6) is 0 Å². The van der Waals surface area contributed by atoms with E-state index in [1.807, 2.05) is 12.1 Å². The van der Waals surface area contributed by atoms with Gasteiger partial charge >= 0.3 is 0 Å². The molecule has 1 aromatic carbocycles. The Morgan fingerprint density at radius 3 is 2.94 bits per heavy atom. The Kier molecular flexibility index (Phi) is 2.19. The second kappa shape index (κ2) is 3.47. The number of carbonyl (C=O) groups excluding carboxylic acids is 1. The van der Waals surface area contributed by atoms with Crippen LogP contribution in [-0.4, -0.2) is 11.9 Å². The minimum Gasteiger partial charge on any atom is -0.324 e. The Bertz CT molecular complexity index is 460. The maximum absolute atomic E-state index is 11.8. The number of benzene rings is 1. The van der Waals surface area contributed by atoms with Gasteiger partial charge in [-0.05, 0) is 24.5 Å². The first kappa shape index (κ1) is 10.1. The number of halogens is 1. The monoisotopic (exact) mass is 236 g/mol. The highest BCUT2D eigenvalue weighted by molar-refractivity contribution is 6.31. The number of fused-ring (bicyclic) bond motifs is 1. The molecule has 1 aromatic rings. The van der Waals surface area contributed by atoms with E-state index in [0.29, 0.717) is 17.0 Å². The Hall–Kier alpha value is -1.06. The molecule has 0 radical (unpaired) electrons. The lowest BCUT2D eigenvalue weighted by Crippen LogP contribution is -2.29. The second-order valence-corrected chi connectivity index (χ2v) is 5.08. The molecule has 0 spiro atoms. The van der Waals surface area contributed by atoms with Crippen molar-refractivity contribution in [3.05, 3.63) is 28.8 Å². The molecule has 2 N–H and O–H groups in total. The van der Waals surface area contributed by atoms with Crippen LogP contribution < -0.4 is 10.6 Å². The van der Waals surface area contributed by atoms with Crippen LogP contribution in [0.25, 0.3) is 0 Å². The molecule has 0 aromatic heterocycles. The lowest BCUT2D eigenvalue weighted by molar-refractivity contribution is -0.117. The van der Waals surface area contributed by atoms with Crippen LogP contribution in [0.4, 0.5) is 5.69 Å². The Morgan fingerprint density at radius 1 is 1.50 bits per heavy atom. The van der Waals surface area contributed by atoms with Gasteiger partial charge in [-0.15, -0.1) is 0 Å². The highest BCUT2D eigenvalue weighted by atomic mass is 35.5. The average molecular weight is 237 g/mol. The topological polar surface area (TPSA) is 41.1 Å². The van der Waals surface area contributed by atoms with Gasteiger partial charge in [0.15, 0.2) is 0 Å². The number of nitrogens with one attached hydrogen (secondary N) is 2. The van der Waals surface area contributed by atoms with Crippen molar-refractivity contribution >= 4 is 23.2 Å². The summed E-state index contributed by atoms with van der Waals surface area (Å²) in [6, 6.07) is 5.82. The van der Waals surface area contributed by atoms with E-state index in [1.165, 1.54) is 0 Å². The molecule has 1 heterocycles. The van der Waals surface area contributed by atoms with Crippen molar-refractivity contribution in [1.29, 1.82) is 0 Å². The summed E-state index contributed by atoms with van der Waals surface area (Å²) in [5, 5.41) is 6.88. The summed E-state index contributed by atoms with van der Waals surface area (Å²) in [7, 11) is 0. The minimum atomic E-state index is -0.206. The number of hydrogen-bond donors (Lipinski definition) is 2. The van der Waals surface area contributed by atoms with E-state index in [-0.39, 0.29) is 11.9 Å². The summed E-state index contributed by atoms with van der Waals surface area (Å²) in [5.74, 6) is 0.709. The van der Waals surface area contributed by atoms with Crippen LogP contribution in [0.3, 0.4) is 0 Å². The number of hydrogen-bond acceptors (Lipinski definition) is 2. The SMILES string of the molecule is CC1CC1NC1C(=O)Nc2cc(Cl)ccc21. The van der Waals surface area contributed by atoms with Crippen LogP contribution in [0.1, 0.15) is 24.9 Å². The predicted molar refractivity (Wildman–Crippen MR) is 63.5 cm³/mol. The fourth-order valence-corrected chi connectivity index (χ4v) is 2.34. The molecule has 4 heteroatoms. The van der Waals surface area contributed by atoms with Gasteiger partial charge < -0.3 is 5.32 Å². The molecule has 3 nitrogen and oxygen atoms in total. The van der Waals surface area contributed by atoms with E-state index in [2.05, 4.69) is 17.6 Å². The number of rotatable bonds is 2. The molecule has 1 amide bonds. The van der Waals surface area contributed by atoms with Crippen LogP contribution in [0, 0.1) is 5.92 Å². The Balaban J connectivity index is 1.87. The molecular weight excluding hydrogens is 224 g/mol. The van der Waals surface area contributed by atoms with Crippen molar-refractivity contribution in [3.8, 4) is 0 Å². The first-order valence-electron chi connectivity index (χ1n) is 5.51. The van der Waals surface area contributed by atoms with Crippen molar-refractivity contribution in [2.75, 3.05) is 5.32 Å². The van der Waals surface area contributed by atoms with Gasteiger partial charge in [-0.3, -0.25) is 10.1 Å². The zero-order valence-corrected chi connectivity index (χ0v) is 9.71. The lowest BCUT2D eigenvalue weighted by atomic mass is 10.1.